The van der Waals surface area contributed by atoms with Crippen molar-refractivity contribution in [3.8, 4) is 0 Å². The van der Waals surface area contributed by atoms with Crippen molar-refractivity contribution in [3.05, 3.63) is 48.4 Å². The smallest absolute Gasteiger partial charge is 0.324 e. The van der Waals surface area contributed by atoms with E-state index in [9.17, 15) is 18.0 Å². The zero-order chi connectivity index (χ0) is 15.6. The number of aromatic nitrogens is 2. The minimum absolute atomic E-state index is 0.0181. The number of hydrogen-bond donors (Lipinski definition) is 0. The number of amides is 1. The summed E-state index contributed by atoms with van der Waals surface area (Å²) in [5.41, 5.74) is 1.34. The zero-order valence-corrected chi connectivity index (χ0v) is 11.4. The number of carbonyl (C=O) groups excluding carboxylic acids is 1. The molecule has 0 spiro atoms. The highest BCUT2D eigenvalue weighted by Crippen LogP contribution is 2.18. The first kappa shape index (κ1) is 15.1. The molecule has 0 aromatic carbocycles. The van der Waals surface area contributed by atoms with Gasteiger partial charge in [0.15, 0.2) is 0 Å². The fraction of sp³-hybridized carbons (Fsp3) is 0.286. The number of halogens is 3. The molecular weight excluding hydrogens is 283 g/mol. The molecule has 0 N–H and O–H groups in total. The Labute approximate surface area is 119 Å². The summed E-state index contributed by atoms with van der Waals surface area (Å²) in [5, 5.41) is 0. The third kappa shape index (κ3) is 3.42. The standard InChI is InChI=1S/C14H14F3N3O/c1-3-7-19(9-14(15,16)17)13(21)11-8-20-10(2)5-4-6-12(20)18-11/h3-6,8H,1,7,9H2,2H3. The monoisotopic (exact) mass is 297 g/mol. The number of rotatable bonds is 4. The highest BCUT2D eigenvalue weighted by molar-refractivity contribution is 5.93. The number of alkyl halides is 3. The average Bonchev–Trinajstić information content (AvgIpc) is 2.81. The van der Waals surface area contributed by atoms with Crippen LogP contribution in [-0.2, 0) is 0 Å². The van der Waals surface area contributed by atoms with Gasteiger partial charge >= 0.3 is 6.18 Å². The molecule has 112 valence electrons. The third-order valence-corrected chi connectivity index (χ3v) is 2.92. The Hall–Kier alpha value is -2.31. The quantitative estimate of drug-likeness (QED) is 0.814. The normalized spacial score (nSPS) is 11.6. The molecule has 2 heterocycles. The maximum atomic E-state index is 12.5. The fourth-order valence-corrected chi connectivity index (χ4v) is 2.00. The molecule has 7 heteroatoms. The van der Waals surface area contributed by atoms with E-state index >= 15 is 0 Å². The summed E-state index contributed by atoms with van der Waals surface area (Å²) in [5.74, 6) is -0.768. The van der Waals surface area contributed by atoms with Gasteiger partial charge in [-0.15, -0.1) is 6.58 Å². The Bertz CT molecular complexity index is 676. The van der Waals surface area contributed by atoms with Gasteiger partial charge in [0.05, 0.1) is 0 Å². The van der Waals surface area contributed by atoms with Crippen LogP contribution >= 0.6 is 0 Å². The molecule has 2 aromatic rings. The van der Waals surface area contributed by atoms with Crippen LogP contribution in [0.2, 0.25) is 0 Å². The van der Waals surface area contributed by atoms with E-state index in [2.05, 4.69) is 11.6 Å². The number of aryl methyl sites for hydroxylation is 1. The van der Waals surface area contributed by atoms with Gasteiger partial charge in [-0.1, -0.05) is 12.1 Å². The number of nitrogens with zero attached hydrogens (tertiary/aromatic N) is 3. The molecule has 0 atom stereocenters. The minimum atomic E-state index is -4.46. The van der Waals surface area contributed by atoms with Gasteiger partial charge in [-0.2, -0.15) is 13.2 Å². The molecule has 0 unspecified atom stereocenters. The SMILES string of the molecule is C=CCN(CC(F)(F)F)C(=O)c1cn2c(C)cccc2n1. The number of carbonyl (C=O) groups is 1. The van der Waals surface area contributed by atoms with Crippen molar-refractivity contribution in [1.29, 1.82) is 0 Å². The van der Waals surface area contributed by atoms with Crippen molar-refractivity contribution < 1.29 is 18.0 Å². The summed E-state index contributed by atoms with van der Waals surface area (Å²) in [6.45, 7) is 3.68. The first-order valence-corrected chi connectivity index (χ1v) is 6.23. The van der Waals surface area contributed by atoms with Crippen LogP contribution < -0.4 is 0 Å². The van der Waals surface area contributed by atoms with Crippen molar-refractivity contribution >= 4 is 11.6 Å². The molecule has 0 aliphatic rings. The van der Waals surface area contributed by atoms with Gasteiger partial charge in [-0.05, 0) is 19.1 Å². The maximum absolute atomic E-state index is 12.5. The molecule has 2 rings (SSSR count). The lowest BCUT2D eigenvalue weighted by Crippen LogP contribution is -2.39. The largest absolute Gasteiger partial charge is 0.406 e. The third-order valence-electron chi connectivity index (χ3n) is 2.92. The molecule has 4 nitrogen and oxygen atoms in total. The van der Waals surface area contributed by atoms with Crippen LogP contribution in [-0.4, -0.2) is 39.5 Å². The van der Waals surface area contributed by atoms with Gasteiger partial charge in [0.1, 0.15) is 17.9 Å². The molecule has 0 saturated carbocycles. The zero-order valence-electron chi connectivity index (χ0n) is 11.4. The number of imidazole rings is 1. The van der Waals surface area contributed by atoms with Gasteiger partial charge in [-0.3, -0.25) is 4.79 Å². The second-order valence-electron chi connectivity index (χ2n) is 4.61. The molecule has 0 radical (unpaired) electrons. The van der Waals surface area contributed by atoms with Crippen molar-refractivity contribution in [2.24, 2.45) is 0 Å². The summed E-state index contributed by atoms with van der Waals surface area (Å²) >= 11 is 0. The van der Waals surface area contributed by atoms with Crippen LogP contribution in [0.3, 0.4) is 0 Å². The maximum Gasteiger partial charge on any atom is 0.406 e. The summed E-state index contributed by atoms with van der Waals surface area (Å²) < 4.78 is 39.2. The van der Waals surface area contributed by atoms with E-state index in [-0.39, 0.29) is 12.2 Å². The van der Waals surface area contributed by atoms with E-state index in [1.165, 1.54) is 12.3 Å². The highest BCUT2D eigenvalue weighted by atomic mass is 19.4. The molecule has 0 saturated heterocycles. The molecule has 2 aromatic heterocycles. The van der Waals surface area contributed by atoms with Crippen molar-refractivity contribution in [2.75, 3.05) is 13.1 Å². The van der Waals surface area contributed by atoms with Gasteiger partial charge in [0, 0.05) is 18.4 Å². The van der Waals surface area contributed by atoms with E-state index in [1.807, 2.05) is 13.0 Å². The van der Waals surface area contributed by atoms with Crippen LogP contribution in [0.5, 0.6) is 0 Å². The van der Waals surface area contributed by atoms with E-state index in [0.717, 1.165) is 5.69 Å². The summed E-state index contributed by atoms with van der Waals surface area (Å²) in [4.78, 5) is 16.9. The van der Waals surface area contributed by atoms with Crippen LogP contribution in [0.25, 0.3) is 5.65 Å². The number of pyridine rings is 1. The fourth-order valence-electron chi connectivity index (χ4n) is 2.00. The summed E-state index contributed by atoms with van der Waals surface area (Å²) in [6, 6.07) is 5.27. The molecule has 0 bridgehead atoms. The lowest BCUT2D eigenvalue weighted by Gasteiger charge is -2.21. The molecule has 21 heavy (non-hydrogen) atoms. The molecular formula is C14H14F3N3O. The van der Waals surface area contributed by atoms with Crippen LogP contribution in [0.1, 0.15) is 16.2 Å². The van der Waals surface area contributed by atoms with Crippen molar-refractivity contribution in [3.63, 3.8) is 0 Å². The van der Waals surface area contributed by atoms with E-state index in [1.54, 1.807) is 16.5 Å². The highest BCUT2D eigenvalue weighted by Gasteiger charge is 2.33. The lowest BCUT2D eigenvalue weighted by molar-refractivity contribution is -0.139. The second kappa shape index (κ2) is 5.59. The Morgan fingerprint density at radius 3 is 2.76 bits per heavy atom. The molecule has 0 aliphatic heterocycles. The Morgan fingerprint density at radius 2 is 2.19 bits per heavy atom. The van der Waals surface area contributed by atoms with Crippen LogP contribution in [0.4, 0.5) is 13.2 Å². The van der Waals surface area contributed by atoms with E-state index in [0.29, 0.717) is 10.5 Å². The average molecular weight is 297 g/mol. The van der Waals surface area contributed by atoms with Gasteiger partial charge < -0.3 is 9.30 Å². The van der Waals surface area contributed by atoms with Gasteiger partial charge in [0.2, 0.25) is 0 Å². The Morgan fingerprint density at radius 1 is 1.48 bits per heavy atom. The van der Waals surface area contributed by atoms with E-state index in [4.69, 9.17) is 0 Å². The minimum Gasteiger partial charge on any atom is -0.324 e. The summed E-state index contributed by atoms with van der Waals surface area (Å²) in [7, 11) is 0. The van der Waals surface area contributed by atoms with Gasteiger partial charge in [-0.25, -0.2) is 4.98 Å². The topological polar surface area (TPSA) is 37.6 Å². The van der Waals surface area contributed by atoms with Crippen molar-refractivity contribution in [1.82, 2.24) is 14.3 Å². The predicted octanol–water partition coefficient (Wildman–Crippen LogP) is 2.83. The first-order chi connectivity index (χ1) is 9.81. The van der Waals surface area contributed by atoms with Crippen LogP contribution in [0.15, 0.2) is 37.1 Å². The number of fused-ring (bicyclic) bond motifs is 1. The number of hydrogen-bond acceptors (Lipinski definition) is 2. The molecule has 1 amide bonds. The Kier molecular flexibility index (Phi) is 4.02. The second-order valence-corrected chi connectivity index (χ2v) is 4.61. The Balaban J connectivity index is 2.34. The van der Waals surface area contributed by atoms with Gasteiger partial charge in [0.25, 0.3) is 5.91 Å². The van der Waals surface area contributed by atoms with E-state index < -0.39 is 18.6 Å². The first-order valence-electron chi connectivity index (χ1n) is 6.23. The lowest BCUT2D eigenvalue weighted by atomic mass is 10.3. The van der Waals surface area contributed by atoms with Crippen LogP contribution in [0, 0.1) is 6.92 Å². The molecule has 0 fully saturated rings. The van der Waals surface area contributed by atoms with Crippen molar-refractivity contribution in [2.45, 2.75) is 13.1 Å². The predicted molar refractivity (Wildman–Crippen MR) is 72.1 cm³/mol. The molecule has 0 aliphatic carbocycles. The summed E-state index contributed by atoms with van der Waals surface area (Å²) in [6.07, 6.45) is -1.77.